The zero-order chi connectivity index (χ0) is 11.8. The molecule has 0 unspecified atom stereocenters. The van der Waals surface area contributed by atoms with Crippen LogP contribution in [0.4, 0.5) is 5.13 Å². The summed E-state index contributed by atoms with van der Waals surface area (Å²) in [7, 11) is 0. The molecule has 17 heavy (non-hydrogen) atoms. The van der Waals surface area contributed by atoms with Gasteiger partial charge in [-0.15, -0.1) is 21.5 Å². The van der Waals surface area contributed by atoms with Crippen molar-refractivity contribution in [2.45, 2.75) is 9.37 Å². The fourth-order valence-corrected chi connectivity index (χ4v) is 4.18. The molecular formula is C9H5ClN4S3. The van der Waals surface area contributed by atoms with Crippen LogP contribution in [0, 0.1) is 0 Å². The molecule has 3 rings (SSSR count). The maximum atomic E-state index is 6.00. The lowest BCUT2D eigenvalue weighted by molar-refractivity contribution is 1.01. The molecule has 0 saturated heterocycles. The molecule has 3 aromatic rings. The predicted molar refractivity (Wildman–Crippen MR) is 73.1 cm³/mol. The lowest BCUT2D eigenvalue weighted by Crippen LogP contribution is -1.80. The van der Waals surface area contributed by atoms with E-state index in [1.807, 2.05) is 12.1 Å². The van der Waals surface area contributed by atoms with E-state index in [0.29, 0.717) is 5.13 Å². The second kappa shape index (κ2) is 4.41. The third-order valence-corrected chi connectivity index (χ3v) is 5.04. The Bertz CT molecular complexity index is 678. The smallest absolute Gasteiger partial charge is 0.203 e. The van der Waals surface area contributed by atoms with Gasteiger partial charge in [-0.1, -0.05) is 22.9 Å². The highest BCUT2D eigenvalue weighted by atomic mass is 35.5. The lowest BCUT2D eigenvalue weighted by atomic mass is 10.3. The molecule has 0 spiro atoms. The predicted octanol–water partition coefficient (Wildman–Crippen LogP) is 3.53. The molecule has 0 radical (unpaired) electrons. The molecule has 3 heterocycles. The Hall–Kier alpha value is -0.890. The Kier molecular flexibility index (Phi) is 2.91. The van der Waals surface area contributed by atoms with E-state index in [-0.39, 0.29) is 0 Å². The van der Waals surface area contributed by atoms with Gasteiger partial charge in [-0.3, -0.25) is 0 Å². The minimum absolute atomic E-state index is 0.461. The van der Waals surface area contributed by atoms with Crippen molar-refractivity contribution >= 4 is 61.3 Å². The first-order valence-electron chi connectivity index (χ1n) is 4.53. The van der Waals surface area contributed by atoms with Gasteiger partial charge in [0.2, 0.25) is 5.13 Å². The number of aromatic nitrogens is 3. The van der Waals surface area contributed by atoms with E-state index in [1.54, 1.807) is 6.20 Å². The molecule has 0 fully saturated rings. The normalized spacial score (nSPS) is 11.1. The van der Waals surface area contributed by atoms with Crippen molar-refractivity contribution in [1.82, 2.24) is 15.2 Å². The van der Waals surface area contributed by atoms with Gasteiger partial charge in [0.05, 0.1) is 4.34 Å². The largest absolute Gasteiger partial charge is 0.374 e. The van der Waals surface area contributed by atoms with Gasteiger partial charge in [0.15, 0.2) is 4.34 Å². The van der Waals surface area contributed by atoms with Crippen LogP contribution in [0.2, 0.25) is 4.34 Å². The Morgan fingerprint density at radius 3 is 2.94 bits per heavy atom. The van der Waals surface area contributed by atoms with Gasteiger partial charge in [-0.2, -0.15) is 0 Å². The van der Waals surface area contributed by atoms with Crippen LogP contribution in [0.25, 0.3) is 10.1 Å². The summed E-state index contributed by atoms with van der Waals surface area (Å²) >= 11 is 10.3. The zero-order valence-electron chi connectivity index (χ0n) is 8.25. The van der Waals surface area contributed by atoms with E-state index in [9.17, 15) is 0 Å². The van der Waals surface area contributed by atoms with E-state index in [1.165, 1.54) is 34.4 Å². The van der Waals surface area contributed by atoms with Crippen molar-refractivity contribution in [3.8, 4) is 0 Å². The first-order chi connectivity index (χ1) is 8.22. The average Bonchev–Trinajstić information content (AvgIpc) is 2.84. The Balaban J connectivity index is 2.05. The number of halogens is 1. The maximum Gasteiger partial charge on any atom is 0.203 e. The standard InChI is InChI=1S/C9H5ClN4S3/c10-6-3-4-5(15-6)1-2-12-7(4)16-9-14-13-8(11)17-9/h1-3H,(H2,11,13). The minimum atomic E-state index is 0.461. The van der Waals surface area contributed by atoms with Crippen molar-refractivity contribution in [3.63, 3.8) is 0 Å². The molecule has 0 aliphatic heterocycles. The first-order valence-corrected chi connectivity index (χ1v) is 7.36. The molecule has 0 atom stereocenters. The number of pyridine rings is 1. The summed E-state index contributed by atoms with van der Waals surface area (Å²) < 4.78 is 2.65. The third-order valence-electron chi connectivity index (χ3n) is 1.98. The third kappa shape index (κ3) is 2.23. The Morgan fingerprint density at radius 1 is 1.29 bits per heavy atom. The highest BCUT2D eigenvalue weighted by Crippen LogP contribution is 2.38. The number of nitrogens with two attached hydrogens (primary N) is 1. The minimum Gasteiger partial charge on any atom is -0.374 e. The summed E-state index contributed by atoms with van der Waals surface area (Å²) in [6.45, 7) is 0. The van der Waals surface area contributed by atoms with E-state index < -0.39 is 0 Å². The Morgan fingerprint density at radius 2 is 2.18 bits per heavy atom. The molecule has 0 saturated carbocycles. The maximum absolute atomic E-state index is 6.00. The van der Waals surface area contributed by atoms with Crippen molar-refractivity contribution in [2.75, 3.05) is 5.73 Å². The van der Waals surface area contributed by atoms with Crippen LogP contribution in [0.15, 0.2) is 27.7 Å². The second-order valence-electron chi connectivity index (χ2n) is 3.09. The van der Waals surface area contributed by atoms with Crippen molar-refractivity contribution in [2.24, 2.45) is 0 Å². The van der Waals surface area contributed by atoms with Gasteiger partial charge in [-0.25, -0.2) is 4.98 Å². The van der Waals surface area contributed by atoms with Gasteiger partial charge < -0.3 is 5.73 Å². The van der Waals surface area contributed by atoms with Crippen LogP contribution in [-0.4, -0.2) is 15.2 Å². The molecular weight excluding hydrogens is 296 g/mol. The van der Waals surface area contributed by atoms with Crippen LogP contribution in [0.3, 0.4) is 0 Å². The van der Waals surface area contributed by atoms with Crippen LogP contribution < -0.4 is 5.73 Å². The number of anilines is 1. The topological polar surface area (TPSA) is 64.7 Å². The number of thiophene rings is 1. The Labute approximate surface area is 114 Å². The lowest BCUT2D eigenvalue weighted by Gasteiger charge is -1.97. The van der Waals surface area contributed by atoms with Crippen LogP contribution in [0.1, 0.15) is 0 Å². The fraction of sp³-hybridized carbons (Fsp3) is 0. The van der Waals surface area contributed by atoms with E-state index in [2.05, 4.69) is 15.2 Å². The number of nitrogen functional groups attached to an aromatic ring is 1. The molecule has 0 bridgehead atoms. The van der Waals surface area contributed by atoms with Crippen LogP contribution >= 0.6 is 46.0 Å². The van der Waals surface area contributed by atoms with Gasteiger partial charge >= 0.3 is 0 Å². The number of fused-ring (bicyclic) bond motifs is 1. The first kappa shape index (κ1) is 11.2. The van der Waals surface area contributed by atoms with E-state index in [0.717, 1.165) is 23.8 Å². The van der Waals surface area contributed by atoms with E-state index >= 15 is 0 Å². The van der Waals surface area contributed by atoms with Gasteiger partial charge in [0, 0.05) is 16.3 Å². The summed E-state index contributed by atoms with van der Waals surface area (Å²) in [5.41, 5.74) is 5.54. The molecule has 0 aliphatic carbocycles. The summed E-state index contributed by atoms with van der Waals surface area (Å²) in [5.74, 6) is 0. The summed E-state index contributed by atoms with van der Waals surface area (Å²) in [6, 6.07) is 3.87. The number of hydrogen-bond acceptors (Lipinski definition) is 7. The molecule has 2 N–H and O–H groups in total. The number of hydrogen-bond donors (Lipinski definition) is 1. The molecule has 4 nitrogen and oxygen atoms in total. The summed E-state index contributed by atoms with van der Waals surface area (Å²) in [4.78, 5) is 4.33. The van der Waals surface area contributed by atoms with E-state index in [4.69, 9.17) is 17.3 Å². The molecule has 0 aliphatic rings. The highest BCUT2D eigenvalue weighted by Gasteiger charge is 2.10. The van der Waals surface area contributed by atoms with Crippen molar-refractivity contribution in [3.05, 3.63) is 22.7 Å². The fourth-order valence-electron chi connectivity index (χ4n) is 1.33. The average molecular weight is 301 g/mol. The molecule has 8 heteroatoms. The van der Waals surface area contributed by atoms with Gasteiger partial charge in [0.25, 0.3) is 0 Å². The van der Waals surface area contributed by atoms with Gasteiger partial charge in [-0.05, 0) is 23.9 Å². The van der Waals surface area contributed by atoms with Gasteiger partial charge in [0.1, 0.15) is 5.03 Å². The van der Waals surface area contributed by atoms with Crippen molar-refractivity contribution in [1.29, 1.82) is 0 Å². The summed E-state index contributed by atoms with van der Waals surface area (Å²) in [6.07, 6.45) is 1.77. The molecule has 86 valence electrons. The van der Waals surface area contributed by atoms with Crippen molar-refractivity contribution < 1.29 is 0 Å². The SMILES string of the molecule is Nc1nnc(Sc2nccc3sc(Cl)cc23)s1. The molecule has 0 aromatic carbocycles. The van der Waals surface area contributed by atoms with Crippen LogP contribution in [0.5, 0.6) is 0 Å². The van der Waals surface area contributed by atoms with Crippen LogP contribution in [-0.2, 0) is 0 Å². The number of nitrogens with zero attached hydrogens (tertiary/aromatic N) is 3. The quantitative estimate of drug-likeness (QED) is 0.784. The second-order valence-corrected chi connectivity index (χ2v) is 7.05. The highest BCUT2D eigenvalue weighted by molar-refractivity contribution is 8.01. The zero-order valence-corrected chi connectivity index (χ0v) is 11.5. The molecule has 0 amide bonds. The molecule has 3 aromatic heterocycles. The summed E-state index contributed by atoms with van der Waals surface area (Å²) in [5, 5.41) is 10.1. The number of rotatable bonds is 2. The monoisotopic (exact) mass is 300 g/mol.